The molecule has 0 fully saturated rings. The fraction of sp³-hybridized carbons (Fsp3) is 0.571. The van der Waals surface area contributed by atoms with Crippen molar-refractivity contribution in [3.8, 4) is 0 Å². The summed E-state index contributed by atoms with van der Waals surface area (Å²) in [6.07, 6.45) is 0.0209. The van der Waals surface area contributed by atoms with Gasteiger partial charge in [-0.25, -0.2) is 0 Å². The quantitative estimate of drug-likeness (QED) is 0.171. The van der Waals surface area contributed by atoms with E-state index in [0.29, 0.717) is 0 Å². The molecule has 0 heterocycles. The molecule has 0 aliphatic rings. The van der Waals surface area contributed by atoms with Gasteiger partial charge in [-0.15, -0.1) is 0 Å². The number of rotatable bonds is 16. The zero-order valence-electron chi connectivity index (χ0n) is 24.8. The summed E-state index contributed by atoms with van der Waals surface area (Å²) in [5.41, 5.74) is 0.792. The zero-order chi connectivity index (χ0) is 31.1. The largest absolute Gasteiger partial charge is 0.481 e. The number of carbonyl (C=O) groups excluding carboxylic acids is 5. The Labute approximate surface area is 237 Å². The van der Waals surface area contributed by atoms with E-state index in [1.807, 2.05) is 33.8 Å². The summed E-state index contributed by atoms with van der Waals surface area (Å²) in [5.74, 6) is -3.62. The second-order valence-electron chi connectivity index (χ2n) is 8.53. The van der Waals surface area contributed by atoms with Crippen LogP contribution in [0.1, 0.15) is 66.9 Å². The molecule has 12 nitrogen and oxygen atoms in total. The summed E-state index contributed by atoms with van der Waals surface area (Å²) in [6.45, 7) is 11.9. The van der Waals surface area contributed by atoms with Gasteiger partial charge in [0.1, 0.15) is 11.8 Å². The summed E-state index contributed by atoms with van der Waals surface area (Å²) in [7, 11) is 0. The van der Waals surface area contributed by atoms with Crippen LogP contribution in [0.15, 0.2) is 30.3 Å². The lowest BCUT2D eigenvalue weighted by atomic mass is 10.1. The number of carboxylic acids is 1. The van der Waals surface area contributed by atoms with Gasteiger partial charge in [-0.05, 0) is 18.9 Å². The first kappa shape index (κ1) is 38.3. The summed E-state index contributed by atoms with van der Waals surface area (Å²) in [4.78, 5) is 71.3. The number of Topliss-reactive ketones (excluding diaryl/α,β-unsaturated/α-hetero) is 1. The molecule has 1 rings (SSSR count). The number of nitrogens with one attached hydrogen (secondary N) is 5. The van der Waals surface area contributed by atoms with Crippen molar-refractivity contribution in [1.82, 2.24) is 26.6 Å². The third kappa shape index (κ3) is 19.3. The molecule has 6 N–H and O–H groups in total. The van der Waals surface area contributed by atoms with E-state index in [-0.39, 0.29) is 37.6 Å². The predicted molar refractivity (Wildman–Crippen MR) is 153 cm³/mol. The summed E-state index contributed by atoms with van der Waals surface area (Å²) in [6, 6.07) is 7.15. The highest BCUT2D eigenvalue weighted by Gasteiger charge is 2.23. The van der Waals surface area contributed by atoms with Gasteiger partial charge in [0.15, 0.2) is 0 Å². The average molecular weight is 566 g/mol. The Balaban J connectivity index is 0. The van der Waals surface area contributed by atoms with E-state index < -0.39 is 54.8 Å². The standard InChI is InChI=1S/C24H35N5O7.2C2H6/c1-15(2)28-18(9-10-22(33)34)23(35)27-13-20(31)25-14-21(32)29-19(24(36)26-12-16(3)30)11-17-7-5-4-6-8-17;2*1-2/h4-8,15,18-19,28H,9-14H2,1-3H3,(H,25,31)(H,26,36)(H,27,35)(H,29,32)(H,33,34);2*1-2H3. The van der Waals surface area contributed by atoms with E-state index in [1.165, 1.54) is 6.92 Å². The van der Waals surface area contributed by atoms with Crippen molar-refractivity contribution < 1.29 is 33.9 Å². The Bertz CT molecular complexity index is 923. The van der Waals surface area contributed by atoms with Gasteiger partial charge in [-0.2, -0.15) is 0 Å². The number of amides is 4. The first-order chi connectivity index (χ1) is 19.0. The minimum atomic E-state index is -1.04. The van der Waals surface area contributed by atoms with E-state index in [4.69, 9.17) is 5.11 Å². The number of aliphatic carboxylic acids is 1. The Morgan fingerprint density at radius 3 is 1.80 bits per heavy atom. The van der Waals surface area contributed by atoms with Gasteiger partial charge in [0.05, 0.1) is 25.7 Å². The van der Waals surface area contributed by atoms with Crippen LogP contribution in [0.4, 0.5) is 0 Å². The lowest BCUT2D eigenvalue weighted by Gasteiger charge is -2.20. The van der Waals surface area contributed by atoms with Crippen LogP contribution in [-0.4, -0.2) is 78.2 Å². The molecule has 2 atom stereocenters. The molecule has 2 unspecified atom stereocenters. The van der Waals surface area contributed by atoms with E-state index in [1.54, 1.807) is 38.1 Å². The van der Waals surface area contributed by atoms with Crippen LogP contribution in [-0.2, 0) is 35.2 Å². The van der Waals surface area contributed by atoms with Crippen LogP contribution < -0.4 is 26.6 Å². The second kappa shape index (κ2) is 23.1. The van der Waals surface area contributed by atoms with Crippen LogP contribution in [0.2, 0.25) is 0 Å². The van der Waals surface area contributed by atoms with Crippen LogP contribution in [0, 0.1) is 0 Å². The first-order valence-corrected chi connectivity index (χ1v) is 13.6. The monoisotopic (exact) mass is 565 g/mol. The Hall–Kier alpha value is -3.80. The predicted octanol–water partition coefficient (Wildman–Crippen LogP) is 0.935. The minimum Gasteiger partial charge on any atom is -0.481 e. The highest BCUT2D eigenvalue weighted by atomic mass is 16.4. The lowest BCUT2D eigenvalue weighted by molar-refractivity contribution is -0.137. The molecular formula is C28H47N5O7. The van der Waals surface area contributed by atoms with Gasteiger partial charge < -0.3 is 31.7 Å². The third-order valence-corrected chi connectivity index (χ3v) is 4.81. The number of hydrogen-bond acceptors (Lipinski definition) is 7. The van der Waals surface area contributed by atoms with Gasteiger partial charge in [-0.3, -0.25) is 28.8 Å². The van der Waals surface area contributed by atoms with Crippen molar-refractivity contribution in [1.29, 1.82) is 0 Å². The molecular weight excluding hydrogens is 518 g/mol. The molecule has 0 aliphatic carbocycles. The van der Waals surface area contributed by atoms with Crippen LogP contribution >= 0.6 is 0 Å². The molecule has 4 amide bonds. The van der Waals surface area contributed by atoms with Crippen LogP contribution in [0.5, 0.6) is 0 Å². The summed E-state index contributed by atoms with van der Waals surface area (Å²) >= 11 is 0. The Morgan fingerprint density at radius 1 is 0.750 bits per heavy atom. The highest BCUT2D eigenvalue weighted by Crippen LogP contribution is 2.04. The van der Waals surface area contributed by atoms with Gasteiger partial charge in [0.2, 0.25) is 23.6 Å². The van der Waals surface area contributed by atoms with Crippen molar-refractivity contribution >= 4 is 35.4 Å². The van der Waals surface area contributed by atoms with Crippen LogP contribution in [0.25, 0.3) is 0 Å². The van der Waals surface area contributed by atoms with E-state index in [9.17, 15) is 28.8 Å². The molecule has 40 heavy (non-hydrogen) atoms. The van der Waals surface area contributed by atoms with Crippen molar-refractivity contribution in [2.75, 3.05) is 19.6 Å². The van der Waals surface area contributed by atoms with E-state index in [2.05, 4.69) is 26.6 Å². The molecule has 0 aromatic heterocycles. The zero-order valence-corrected chi connectivity index (χ0v) is 24.8. The maximum atomic E-state index is 12.5. The molecule has 226 valence electrons. The first-order valence-electron chi connectivity index (χ1n) is 13.6. The van der Waals surface area contributed by atoms with Crippen molar-refractivity contribution in [2.24, 2.45) is 0 Å². The smallest absolute Gasteiger partial charge is 0.303 e. The summed E-state index contributed by atoms with van der Waals surface area (Å²) < 4.78 is 0. The SMILES string of the molecule is CC.CC.CC(=O)CNC(=O)C(Cc1ccccc1)NC(=O)CNC(=O)CNC(=O)C(CCC(=O)O)NC(C)C. The Kier molecular flexibility index (Phi) is 22.2. The number of benzene rings is 1. The normalized spacial score (nSPS) is 11.3. The number of carbonyl (C=O) groups is 6. The van der Waals surface area contributed by atoms with Crippen molar-refractivity contribution in [3.63, 3.8) is 0 Å². The number of ketones is 1. The maximum absolute atomic E-state index is 12.5. The summed E-state index contributed by atoms with van der Waals surface area (Å²) in [5, 5.41) is 21.6. The molecule has 0 bridgehead atoms. The molecule has 1 aromatic rings. The molecule has 0 saturated carbocycles. The van der Waals surface area contributed by atoms with Gasteiger partial charge in [0, 0.05) is 18.9 Å². The number of hydrogen-bond donors (Lipinski definition) is 6. The second-order valence-corrected chi connectivity index (χ2v) is 8.53. The van der Waals surface area contributed by atoms with Gasteiger partial charge in [0.25, 0.3) is 0 Å². The van der Waals surface area contributed by atoms with Gasteiger partial charge in [-0.1, -0.05) is 71.9 Å². The van der Waals surface area contributed by atoms with E-state index in [0.717, 1.165) is 5.56 Å². The van der Waals surface area contributed by atoms with Gasteiger partial charge >= 0.3 is 5.97 Å². The Morgan fingerprint density at radius 2 is 1.27 bits per heavy atom. The highest BCUT2D eigenvalue weighted by molar-refractivity contribution is 5.93. The molecule has 12 heteroatoms. The third-order valence-electron chi connectivity index (χ3n) is 4.81. The fourth-order valence-electron chi connectivity index (χ4n) is 3.13. The van der Waals surface area contributed by atoms with Crippen LogP contribution in [0.3, 0.4) is 0 Å². The average Bonchev–Trinajstić information content (AvgIpc) is 2.93. The maximum Gasteiger partial charge on any atom is 0.303 e. The minimum absolute atomic E-state index is 0.0534. The molecule has 1 aromatic carbocycles. The molecule has 0 spiro atoms. The molecule has 0 aliphatic heterocycles. The van der Waals surface area contributed by atoms with E-state index >= 15 is 0 Å². The fourth-order valence-corrected chi connectivity index (χ4v) is 3.13. The topological polar surface area (TPSA) is 183 Å². The molecule has 0 saturated heterocycles. The van der Waals surface area contributed by atoms with Crippen molar-refractivity contribution in [2.45, 2.75) is 85.9 Å². The van der Waals surface area contributed by atoms with Crippen molar-refractivity contribution in [3.05, 3.63) is 35.9 Å². The lowest BCUT2D eigenvalue weighted by Crippen LogP contribution is -2.52. The number of carboxylic acid groups (broad SMARTS) is 1. The molecule has 0 radical (unpaired) electrons.